The molecule has 0 bridgehead atoms. The lowest BCUT2D eigenvalue weighted by molar-refractivity contribution is 0.156. The molecule has 0 amide bonds. The summed E-state index contributed by atoms with van der Waals surface area (Å²) in [5.41, 5.74) is 0. The Morgan fingerprint density at radius 1 is 0.708 bits per heavy atom. The summed E-state index contributed by atoms with van der Waals surface area (Å²) in [5, 5.41) is 8.84. The molecule has 0 aromatic carbocycles. The number of hydrogen-bond donors (Lipinski definition) is 2. The van der Waals surface area contributed by atoms with Crippen LogP contribution in [-0.2, 0) is 10.1 Å². The van der Waals surface area contributed by atoms with Gasteiger partial charge in [0, 0.05) is 0 Å². The molecule has 0 aliphatic rings. The Morgan fingerprint density at radius 3 is 1.38 bits per heavy atom. The molecule has 0 aliphatic carbocycles. The molecule has 0 fully saturated rings. The molecule has 0 spiro atoms. The predicted molar refractivity (Wildman–Crippen MR) is 102 cm³/mol. The van der Waals surface area contributed by atoms with Crippen molar-refractivity contribution in [1.82, 2.24) is 0 Å². The first kappa shape index (κ1) is 23.9. The van der Waals surface area contributed by atoms with Crippen molar-refractivity contribution >= 4 is 10.1 Å². The third-order valence-electron chi connectivity index (χ3n) is 4.88. The van der Waals surface area contributed by atoms with Crippen LogP contribution in [0.25, 0.3) is 0 Å². The second-order valence-corrected chi connectivity index (χ2v) is 9.04. The smallest absolute Gasteiger partial charge is 0.267 e. The Morgan fingerprint density at radius 2 is 1.04 bits per heavy atom. The summed E-state index contributed by atoms with van der Waals surface area (Å²) < 4.78 is 30.6. The lowest BCUT2D eigenvalue weighted by Gasteiger charge is -2.07. The van der Waals surface area contributed by atoms with Gasteiger partial charge < -0.3 is 5.11 Å². The van der Waals surface area contributed by atoms with Crippen LogP contribution in [0.3, 0.4) is 0 Å². The highest BCUT2D eigenvalue weighted by molar-refractivity contribution is 7.86. The maximum Gasteiger partial charge on any atom is 0.267 e. The number of unbranched alkanes of at least 4 members (excludes halogenated alkanes) is 11. The van der Waals surface area contributed by atoms with Gasteiger partial charge in [0.25, 0.3) is 10.1 Å². The predicted octanol–water partition coefficient (Wildman–Crippen LogP) is 5.50. The third-order valence-corrected chi connectivity index (χ3v) is 6.13. The van der Waals surface area contributed by atoms with E-state index < -0.39 is 15.4 Å². The first-order chi connectivity index (χ1) is 11.4. The van der Waals surface area contributed by atoms with Gasteiger partial charge in [0.15, 0.2) is 0 Å². The van der Waals surface area contributed by atoms with E-state index in [1.54, 1.807) is 6.92 Å². The van der Waals surface area contributed by atoms with Crippen molar-refractivity contribution < 1.29 is 18.1 Å². The molecular formula is C19H40O4S. The molecule has 0 radical (unpaired) electrons. The van der Waals surface area contributed by atoms with Crippen molar-refractivity contribution in [2.24, 2.45) is 0 Å². The van der Waals surface area contributed by atoms with Crippen LogP contribution in [0.5, 0.6) is 0 Å². The van der Waals surface area contributed by atoms with Gasteiger partial charge in [0.1, 0.15) is 0 Å². The molecule has 4 nitrogen and oxygen atoms in total. The van der Waals surface area contributed by atoms with Gasteiger partial charge in [-0.05, 0) is 26.2 Å². The molecule has 2 atom stereocenters. The van der Waals surface area contributed by atoms with E-state index in [1.165, 1.54) is 51.4 Å². The standard InChI is InChI=1S/C19H40O4S/c1-3-19(20)17-15-13-11-9-7-5-4-6-8-10-12-14-16-18(2)24(21,22)23/h18-20H,3-17H2,1-2H3,(H,21,22,23). The molecule has 0 saturated carbocycles. The molecular weight excluding hydrogens is 324 g/mol. The number of hydrogen-bond acceptors (Lipinski definition) is 3. The number of rotatable bonds is 17. The van der Waals surface area contributed by atoms with Gasteiger partial charge in [-0.2, -0.15) is 8.42 Å². The minimum atomic E-state index is -3.84. The van der Waals surface area contributed by atoms with Gasteiger partial charge in [-0.15, -0.1) is 0 Å². The zero-order valence-electron chi connectivity index (χ0n) is 15.9. The summed E-state index contributed by atoms with van der Waals surface area (Å²) >= 11 is 0. The van der Waals surface area contributed by atoms with Crippen molar-refractivity contribution in [2.75, 3.05) is 0 Å². The summed E-state index contributed by atoms with van der Waals surface area (Å²) in [6, 6.07) is 0. The molecule has 0 rings (SSSR count). The van der Waals surface area contributed by atoms with E-state index >= 15 is 0 Å². The van der Waals surface area contributed by atoms with E-state index in [4.69, 9.17) is 4.55 Å². The fraction of sp³-hybridized carbons (Fsp3) is 1.00. The van der Waals surface area contributed by atoms with Crippen LogP contribution in [0.15, 0.2) is 0 Å². The van der Waals surface area contributed by atoms with Gasteiger partial charge in [-0.25, -0.2) is 0 Å². The van der Waals surface area contributed by atoms with Crippen LogP contribution in [0.4, 0.5) is 0 Å². The highest BCUT2D eigenvalue weighted by Gasteiger charge is 2.15. The molecule has 0 aromatic heterocycles. The Hall–Kier alpha value is -0.130. The van der Waals surface area contributed by atoms with E-state index in [0.717, 1.165) is 38.5 Å². The zero-order valence-corrected chi connectivity index (χ0v) is 16.7. The Labute approximate surface area is 150 Å². The minimum Gasteiger partial charge on any atom is -0.393 e. The van der Waals surface area contributed by atoms with Crippen LogP contribution in [0.1, 0.15) is 110 Å². The highest BCUT2D eigenvalue weighted by atomic mass is 32.2. The molecule has 2 N–H and O–H groups in total. The summed E-state index contributed by atoms with van der Waals surface area (Å²) in [4.78, 5) is 0. The van der Waals surface area contributed by atoms with Gasteiger partial charge >= 0.3 is 0 Å². The third kappa shape index (κ3) is 15.4. The van der Waals surface area contributed by atoms with Crippen LogP contribution in [0.2, 0.25) is 0 Å². The van der Waals surface area contributed by atoms with Gasteiger partial charge in [-0.3, -0.25) is 4.55 Å². The fourth-order valence-electron chi connectivity index (χ4n) is 2.93. The Kier molecular flexibility index (Phi) is 15.1. The minimum absolute atomic E-state index is 0.0961. The Balaban J connectivity index is 3.18. The summed E-state index contributed by atoms with van der Waals surface area (Å²) in [6.45, 7) is 3.60. The summed E-state index contributed by atoms with van der Waals surface area (Å²) in [7, 11) is -3.84. The number of aliphatic hydroxyl groups is 1. The van der Waals surface area contributed by atoms with Crippen LogP contribution in [0, 0.1) is 0 Å². The quantitative estimate of drug-likeness (QED) is 0.264. The lowest BCUT2D eigenvalue weighted by Crippen LogP contribution is -2.16. The second kappa shape index (κ2) is 15.2. The number of aliphatic hydroxyl groups excluding tert-OH is 1. The van der Waals surface area contributed by atoms with Crippen molar-refractivity contribution in [3.63, 3.8) is 0 Å². The molecule has 0 saturated heterocycles. The normalized spacial score (nSPS) is 14.7. The molecule has 2 unspecified atom stereocenters. The van der Waals surface area contributed by atoms with E-state index in [9.17, 15) is 13.5 Å². The maximum atomic E-state index is 10.9. The summed E-state index contributed by atoms with van der Waals surface area (Å²) in [5.74, 6) is 0. The second-order valence-electron chi connectivity index (χ2n) is 7.21. The van der Waals surface area contributed by atoms with Gasteiger partial charge in [-0.1, -0.05) is 84.0 Å². The maximum absolute atomic E-state index is 10.9. The summed E-state index contributed by atoms with van der Waals surface area (Å²) in [6.07, 6.45) is 16.9. The van der Waals surface area contributed by atoms with E-state index in [-0.39, 0.29) is 6.10 Å². The molecule has 24 heavy (non-hydrogen) atoms. The topological polar surface area (TPSA) is 74.6 Å². The van der Waals surface area contributed by atoms with Crippen molar-refractivity contribution in [2.45, 2.75) is 122 Å². The zero-order chi connectivity index (χ0) is 18.3. The van der Waals surface area contributed by atoms with Crippen LogP contribution >= 0.6 is 0 Å². The first-order valence-electron chi connectivity index (χ1n) is 10.0. The van der Waals surface area contributed by atoms with Gasteiger partial charge in [0.2, 0.25) is 0 Å². The van der Waals surface area contributed by atoms with Crippen LogP contribution < -0.4 is 0 Å². The van der Waals surface area contributed by atoms with Crippen molar-refractivity contribution in [1.29, 1.82) is 0 Å². The first-order valence-corrected chi connectivity index (χ1v) is 11.5. The van der Waals surface area contributed by atoms with E-state index in [1.807, 2.05) is 6.92 Å². The largest absolute Gasteiger partial charge is 0.393 e. The van der Waals surface area contributed by atoms with Crippen LogP contribution in [-0.4, -0.2) is 29.4 Å². The van der Waals surface area contributed by atoms with Crippen molar-refractivity contribution in [3.05, 3.63) is 0 Å². The fourth-order valence-corrected chi connectivity index (χ4v) is 3.40. The monoisotopic (exact) mass is 364 g/mol. The lowest BCUT2D eigenvalue weighted by atomic mass is 10.0. The average molecular weight is 365 g/mol. The SMILES string of the molecule is CCC(O)CCCCCCCCCCCCCCC(C)S(=O)(=O)O. The average Bonchev–Trinajstić information content (AvgIpc) is 2.53. The van der Waals surface area contributed by atoms with E-state index in [2.05, 4.69) is 0 Å². The molecule has 146 valence electrons. The van der Waals surface area contributed by atoms with Crippen molar-refractivity contribution in [3.8, 4) is 0 Å². The molecule has 0 heterocycles. The Bertz CT molecular complexity index is 368. The highest BCUT2D eigenvalue weighted by Crippen LogP contribution is 2.15. The molecule has 5 heteroatoms. The van der Waals surface area contributed by atoms with E-state index in [0.29, 0.717) is 6.42 Å². The molecule has 0 aliphatic heterocycles. The molecule has 0 aromatic rings. The van der Waals surface area contributed by atoms with Gasteiger partial charge in [0.05, 0.1) is 11.4 Å².